The minimum Gasteiger partial charge on any atom is -0.478 e. The second-order valence-corrected chi connectivity index (χ2v) is 4.38. The third kappa shape index (κ3) is 3.67. The average Bonchev–Trinajstić information content (AvgIpc) is 2.38. The summed E-state index contributed by atoms with van der Waals surface area (Å²) in [6.45, 7) is 0.366. The van der Waals surface area contributed by atoms with E-state index in [-0.39, 0.29) is 0 Å². The van der Waals surface area contributed by atoms with Gasteiger partial charge < -0.3 is 35.6 Å². The molecular weight excluding hydrogens is 274 g/mol. The van der Waals surface area contributed by atoms with Gasteiger partial charge in [0.25, 0.3) is 0 Å². The minimum absolute atomic E-state index is 0.541. The Morgan fingerprint density at radius 3 is 2.50 bits per heavy atom. The number of nitrogens with one attached hydrogen (secondary N) is 1. The molecule has 0 aliphatic carbocycles. The van der Waals surface area contributed by atoms with Gasteiger partial charge in [-0.25, -0.2) is 4.79 Å². The van der Waals surface area contributed by atoms with Crippen LogP contribution < -0.4 is 5.32 Å². The Morgan fingerprint density at radius 2 is 2.05 bits per heavy atom. The zero-order valence-electron chi connectivity index (χ0n) is 10.6. The van der Waals surface area contributed by atoms with Crippen molar-refractivity contribution in [3.05, 3.63) is 11.8 Å². The number of hydrogen-bond donors (Lipinski definition) is 6. The number of carbonyl (C=O) groups is 2. The molecule has 0 fully saturated rings. The first-order valence-corrected chi connectivity index (χ1v) is 5.81. The molecule has 6 N–H and O–H groups in total. The molecule has 114 valence electrons. The van der Waals surface area contributed by atoms with Crippen LogP contribution in [-0.4, -0.2) is 74.5 Å². The summed E-state index contributed by atoms with van der Waals surface area (Å²) in [5.74, 6) is -2.63. The van der Waals surface area contributed by atoms with Gasteiger partial charge in [-0.2, -0.15) is 0 Å². The zero-order valence-corrected chi connectivity index (χ0v) is 10.6. The van der Waals surface area contributed by atoms with Crippen molar-refractivity contribution >= 4 is 11.9 Å². The maximum Gasteiger partial charge on any atom is 0.370 e. The lowest BCUT2D eigenvalue weighted by molar-refractivity contribution is -0.149. The number of aliphatic hydroxyl groups excluding tert-OH is 4. The molecule has 9 nitrogen and oxygen atoms in total. The van der Waals surface area contributed by atoms with Gasteiger partial charge in [0.15, 0.2) is 6.10 Å². The van der Waals surface area contributed by atoms with Crippen LogP contribution in [0.4, 0.5) is 0 Å². The highest BCUT2D eigenvalue weighted by Crippen LogP contribution is 2.22. The van der Waals surface area contributed by atoms with E-state index in [0.29, 0.717) is 0 Å². The molecule has 1 heterocycles. The van der Waals surface area contributed by atoms with Gasteiger partial charge in [-0.05, 0) is 6.08 Å². The molecule has 0 spiro atoms. The van der Waals surface area contributed by atoms with Crippen molar-refractivity contribution in [1.82, 2.24) is 5.32 Å². The van der Waals surface area contributed by atoms with Crippen LogP contribution in [0.1, 0.15) is 6.92 Å². The zero-order chi connectivity index (χ0) is 15.4. The first-order chi connectivity index (χ1) is 9.27. The SMILES string of the molecule is CC(=O)NC1[C@H](O)C=C(C(=O)O)O[C@@H]1[C@@H](O)[C@@H](O)CO. The summed E-state index contributed by atoms with van der Waals surface area (Å²) < 4.78 is 4.98. The van der Waals surface area contributed by atoms with Crippen LogP contribution in [-0.2, 0) is 14.3 Å². The third-order valence-electron chi connectivity index (χ3n) is 2.81. The number of aliphatic hydroxyl groups is 4. The smallest absolute Gasteiger partial charge is 0.370 e. The fraction of sp³-hybridized carbons (Fsp3) is 0.636. The topological polar surface area (TPSA) is 157 Å². The number of amides is 1. The van der Waals surface area contributed by atoms with Crippen LogP contribution in [0.5, 0.6) is 0 Å². The van der Waals surface area contributed by atoms with Crippen molar-refractivity contribution in [3.8, 4) is 0 Å². The van der Waals surface area contributed by atoms with Crippen molar-refractivity contribution in [1.29, 1.82) is 0 Å². The van der Waals surface area contributed by atoms with Crippen molar-refractivity contribution in [3.63, 3.8) is 0 Å². The van der Waals surface area contributed by atoms with Gasteiger partial charge in [-0.1, -0.05) is 0 Å². The van der Waals surface area contributed by atoms with E-state index < -0.39 is 54.7 Å². The Morgan fingerprint density at radius 1 is 1.45 bits per heavy atom. The van der Waals surface area contributed by atoms with Crippen LogP contribution in [0.3, 0.4) is 0 Å². The van der Waals surface area contributed by atoms with Gasteiger partial charge in [-0.15, -0.1) is 0 Å². The molecule has 9 heteroatoms. The van der Waals surface area contributed by atoms with Gasteiger partial charge in [0.05, 0.1) is 12.6 Å². The second kappa shape index (κ2) is 6.66. The van der Waals surface area contributed by atoms with E-state index in [1.165, 1.54) is 0 Å². The second-order valence-electron chi connectivity index (χ2n) is 4.38. The summed E-state index contributed by atoms with van der Waals surface area (Å²) in [5, 5.41) is 49.0. The molecule has 1 aliphatic rings. The number of rotatable bonds is 5. The van der Waals surface area contributed by atoms with E-state index in [9.17, 15) is 24.9 Å². The van der Waals surface area contributed by atoms with Crippen molar-refractivity contribution in [2.75, 3.05) is 6.61 Å². The number of carbonyl (C=O) groups excluding carboxylic acids is 1. The molecule has 0 bridgehead atoms. The molecule has 20 heavy (non-hydrogen) atoms. The molecule has 1 rings (SSSR count). The number of aliphatic carboxylic acids is 1. The van der Waals surface area contributed by atoms with Crippen LogP contribution in [0, 0.1) is 0 Å². The predicted molar refractivity (Wildman–Crippen MR) is 63.3 cm³/mol. The van der Waals surface area contributed by atoms with Crippen molar-refractivity contribution < 1.29 is 39.9 Å². The van der Waals surface area contributed by atoms with Crippen LogP contribution in [0.2, 0.25) is 0 Å². The summed E-state index contributed by atoms with van der Waals surface area (Å²) in [6, 6.07) is -1.16. The summed E-state index contributed by atoms with van der Waals surface area (Å²) in [4.78, 5) is 21.9. The monoisotopic (exact) mass is 291 g/mol. The van der Waals surface area contributed by atoms with Crippen LogP contribution in [0.15, 0.2) is 11.8 Å². The lowest BCUT2D eigenvalue weighted by atomic mass is 9.94. The first-order valence-electron chi connectivity index (χ1n) is 5.81. The normalized spacial score (nSPS) is 28.9. The van der Waals surface area contributed by atoms with Crippen molar-refractivity contribution in [2.24, 2.45) is 0 Å². The minimum atomic E-state index is -1.70. The van der Waals surface area contributed by atoms with Gasteiger partial charge in [0.1, 0.15) is 18.3 Å². The molecule has 0 saturated carbocycles. The average molecular weight is 291 g/mol. The Hall–Kier alpha value is -1.68. The quantitative estimate of drug-likeness (QED) is 0.311. The standard InChI is InChI=1S/C11H17NO8/c1-4(14)12-8-5(15)2-7(11(18)19)20-10(8)9(17)6(16)3-13/h2,5-6,8-10,13,15-17H,3H2,1H3,(H,12,14)(H,18,19)/t5-,6+,8?,9+,10+/m1/s1. The summed E-state index contributed by atoms with van der Waals surface area (Å²) >= 11 is 0. The largest absolute Gasteiger partial charge is 0.478 e. The Kier molecular flexibility index (Phi) is 5.45. The predicted octanol–water partition coefficient (Wildman–Crippen LogP) is -3.07. The lowest BCUT2D eigenvalue weighted by Gasteiger charge is -2.37. The highest BCUT2D eigenvalue weighted by atomic mass is 16.5. The van der Waals surface area contributed by atoms with Crippen LogP contribution in [0.25, 0.3) is 0 Å². The van der Waals surface area contributed by atoms with E-state index in [0.717, 1.165) is 13.0 Å². The molecule has 0 saturated heterocycles. The van der Waals surface area contributed by atoms with E-state index in [1.54, 1.807) is 0 Å². The molecule has 0 radical (unpaired) electrons. The molecule has 0 aromatic rings. The summed E-state index contributed by atoms with van der Waals surface area (Å²) in [7, 11) is 0. The maximum atomic E-state index is 11.1. The number of hydrogen-bond acceptors (Lipinski definition) is 7. The third-order valence-corrected chi connectivity index (χ3v) is 2.81. The Bertz CT molecular complexity index is 409. The molecule has 1 unspecified atom stereocenters. The number of carboxylic acids is 1. The molecule has 1 aliphatic heterocycles. The summed E-state index contributed by atoms with van der Waals surface area (Å²) in [6.07, 6.45) is -5.29. The Labute approximate surface area is 114 Å². The lowest BCUT2D eigenvalue weighted by Crippen LogP contribution is -2.59. The molecule has 5 atom stereocenters. The molecule has 1 amide bonds. The van der Waals surface area contributed by atoms with Gasteiger partial charge in [0.2, 0.25) is 11.7 Å². The van der Waals surface area contributed by atoms with E-state index in [1.807, 2.05) is 0 Å². The Balaban J connectivity index is 3.04. The molecule has 0 aromatic heterocycles. The maximum absolute atomic E-state index is 11.1. The van der Waals surface area contributed by atoms with E-state index in [2.05, 4.69) is 5.32 Å². The van der Waals surface area contributed by atoms with Crippen molar-refractivity contribution in [2.45, 2.75) is 37.4 Å². The highest BCUT2D eigenvalue weighted by molar-refractivity contribution is 5.84. The van der Waals surface area contributed by atoms with Gasteiger partial charge in [0, 0.05) is 6.92 Å². The van der Waals surface area contributed by atoms with E-state index in [4.69, 9.17) is 14.9 Å². The fourth-order valence-electron chi connectivity index (χ4n) is 1.85. The fourth-order valence-corrected chi connectivity index (χ4v) is 1.85. The van der Waals surface area contributed by atoms with Gasteiger partial charge in [-0.3, -0.25) is 4.79 Å². The summed E-state index contributed by atoms with van der Waals surface area (Å²) in [5.41, 5.74) is 0. The first kappa shape index (κ1) is 16.4. The molecular formula is C11H17NO8. The number of carboxylic acid groups (broad SMARTS) is 1. The number of ether oxygens (including phenoxy) is 1. The van der Waals surface area contributed by atoms with Crippen LogP contribution >= 0.6 is 0 Å². The van der Waals surface area contributed by atoms with E-state index >= 15 is 0 Å². The molecule has 0 aromatic carbocycles. The highest BCUT2D eigenvalue weighted by Gasteiger charge is 2.42. The van der Waals surface area contributed by atoms with Gasteiger partial charge >= 0.3 is 5.97 Å².